The van der Waals surface area contributed by atoms with E-state index in [0.717, 1.165) is 22.2 Å². The Kier molecular flexibility index (Phi) is 7.26. The molecule has 0 saturated heterocycles. The van der Waals surface area contributed by atoms with Gasteiger partial charge in [-0.2, -0.15) is 0 Å². The van der Waals surface area contributed by atoms with Gasteiger partial charge in [0.1, 0.15) is 11.6 Å². The third-order valence-electron chi connectivity index (χ3n) is 3.77. The molecular formula is C19H19BrF2N2O2. The molecule has 0 radical (unpaired) electrons. The number of halogens is 3. The van der Waals surface area contributed by atoms with Crippen LogP contribution in [-0.2, 0) is 4.79 Å². The molecule has 2 amide bonds. The lowest BCUT2D eigenvalue weighted by atomic mass is 10.1. The lowest BCUT2D eigenvalue weighted by Gasteiger charge is -2.14. The van der Waals surface area contributed by atoms with Crippen molar-refractivity contribution in [2.24, 2.45) is 0 Å². The number of hydrogen-bond donors (Lipinski definition) is 2. The van der Waals surface area contributed by atoms with Gasteiger partial charge in [-0.3, -0.25) is 9.59 Å². The van der Waals surface area contributed by atoms with E-state index in [9.17, 15) is 18.4 Å². The maximum absolute atomic E-state index is 13.5. The van der Waals surface area contributed by atoms with E-state index in [1.165, 1.54) is 0 Å². The fraction of sp³-hybridized carbons (Fsp3) is 0.263. The molecule has 0 aliphatic rings. The highest BCUT2D eigenvalue weighted by Crippen LogP contribution is 2.18. The summed E-state index contributed by atoms with van der Waals surface area (Å²) in [5.74, 6) is -2.43. The fourth-order valence-electron chi connectivity index (χ4n) is 2.39. The Morgan fingerprint density at radius 1 is 1.15 bits per heavy atom. The normalized spacial score (nSPS) is 11.7. The molecule has 1 atom stereocenters. The van der Waals surface area contributed by atoms with Crippen molar-refractivity contribution in [1.82, 2.24) is 10.6 Å². The number of benzene rings is 2. The van der Waals surface area contributed by atoms with E-state index in [2.05, 4.69) is 26.6 Å². The summed E-state index contributed by atoms with van der Waals surface area (Å²) >= 11 is 3.39. The predicted molar refractivity (Wildman–Crippen MR) is 98.6 cm³/mol. The van der Waals surface area contributed by atoms with Crippen molar-refractivity contribution < 1.29 is 18.4 Å². The first-order valence-electron chi connectivity index (χ1n) is 8.15. The van der Waals surface area contributed by atoms with Crippen LogP contribution in [0, 0.1) is 11.6 Å². The Hall–Kier alpha value is -2.28. The molecule has 0 aromatic heterocycles. The van der Waals surface area contributed by atoms with E-state index in [1.54, 1.807) is 0 Å². The predicted octanol–water partition coefficient (Wildman–Crippen LogP) is 4.11. The van der Waals surface area contributed by atoms with Gasteiger partial charge in [-0.25, -0.2) is 8.78 Å². The zero-order valence-corrected chi connectivity index (χ0v) is 15.8. The van der Waals surface area contributed by atoms with E-state index in [-0.39, 0.29) is 30.5 Å². The van der Waals surface area contributed by atoms with Crippen LogP contribution < -0.4 is 10.6 Å². The summed E-state index contributed by atoms with van der Waals surface area (Å²) in [7, 11) is 0. The molecule has 1 unspecified atom stereocenters. The van der Waals surface area contributed by atoms with E-state index in [1.807, 2.05) is 31.2 Å². The molecule has 0 fully saturated rings. The fourth-order valence-corrected chi connectivity index (χ4v) is 2.81. The van der Waals surface area contributed by atoms with Gasteiger partial charge in [0.15, 0.2) is 0 Å². The van der Waals surface area contributed by atoms with Crippen molar-refractivity contribution in [2.45, 2.75) is 25.8 Å². The number of carbonyl (C=O) groups is 2. The average Bonchev–Trinajstić information content (AvgIpc) is 2.58. The summed E-state index contributed by atoms with van der Waals surface area (Å²) < 4.78 is 27.3. The Morgan fingerprint density at radius 3 is 2.62 bits per heavy atom. The Balaban J connectivity index is 1.73. The zero-order valence-electron chi connectivity index (χ0n) is 14.2. The van der Waals surface area contributed by atoms with Crippen molar-refractivity contribution in [3.05, 3.63) is 69.7 Å². The van der Waals surface area contributed by atoms with Crippen LogP contribution in [0.25, 0.3) is 0 Å². The van der Waals surface area contributed by atoms with E-state index in [0.29, 0.717) is 12.5 Å². The monoisotopic (exact) mass is 424 g/mol. The molecule has 2 aromatic rings. The molecule has 2 aromatic carbocycles. The number of hydrogen-bond acceptors (Lipinski definition) is 2. The second kappa shape index (κ2) is 9.43. The summed E-state index contributed by atoms with van der Waals surface area (Å²) in [5, 5.41) is 5.40. The van der Waals surface area contributed by atoms with Crippen LogP contribution in [0.15, 0.2) is 46.9 Å². The minimum absolute atomic E-state index is 0.136. The summed E-state index contributed by atoms with van der Waals surface area (Å²) in [5.41, 5.74) is 0.756. The van der Waals surface area contributed by atoms with Gasteiger partial charge in [0.25, 0.3) is 5.91 Å². The first-order chi connectivity index (χ1) is 12.4. The molecule has 0 heterocycles. The standard InChI is InChI=1S/C19H19BrF2N2O2/c1-12(13-4-2-5-14(20)10-13)24-18(25)6-3-9-23-19(26)16-8-7-15(21)11-17(16)22/h2,4-5,7-8,10-12H,3,6,9H2,1H3,(H,23,26)(H,24,25). The summed E-state index contributed by atoms with van der Waals surface area (Å²) in [6, 6.07) is 10.3. The highest BCUT2D eigenvalue weighted by atomic mass is 79.9. The second-order valence-electron chi connectivity index (χ2n) is 5.83. The van der Waals surface area contributed by atoms with Crippen LogP contribution in [0.1, 0.15) is 41.7 Å². The Labute approximate surface area is 159 Å². The number of carbonyl (C=O) groups excluding carboxylic acids is 2. The van der Waals surface area contributed by atoms with Crippen LogP contribution in [0.4, 0.5) is 8.78 Å². The molecule has 4 nitrogen and oxygen atoms in total. The molecule has 2 rings (SSSR count). The van der Waals surface area contributed by atoms with Crippen molar-refractivity contribution in [3.63, 3.8) is 0 Å². The minimum atomic E-state index is -0.914. The van der Waals surface area contributed by atoms with Gasteiger partial charge in [0.2, 0.25) is 5.91 Å². The van der Waals surface area contributed by atoms with Gasteiger partial charge in [-0.15, -0.1) is 0 Å². The van der Waals surface area contributed by atoms with Crippen LogP contribution in [0.2, 0.25) is 0 Å². The molecule has 7 heteroatoms. The van der Waals surface area contributed by atoms with Crippen molar-refractivity contribution in [2.75, 3.05) is 6.54 Å². The first-order valence-corrected chi connectivity index (χ1v) is 8.94. The number of nitrogens with one attached hydrogen (secondary N) is 2. The SMILES string of the molecule is CC(NC(=O)CCCNC(=O)c1ccc(F)cc1F)c1cccc(Br)c1. The smallest absolute Gasteiger partial charge is 0.254 e. The van der Waals surface area contributed by atoms with Gasteiger partial charge in [0, 0.05) is 23.5 Å². The third-order valence-corrected chi connectivity index (χ3v) is 4.26. The molecule has 0 spiro atoms. The first kappa shape index (κ1) is 20.0. The van der Waals surface area contributed by atoms with Crippen LogP contribution >= 0.6 is 15.9 Å². The molecule has 0 bridgehead atoms. The van der Waals surface area contributed by atoms with Gasteiger partial charge in [-0.05, 0) is 43.2 Å². The summed E-state index contributed by atoms with van der Waals surface area (Å²) in [4.78, 5) is 23.8. The quantitative estimate of drug-likeness (QED) is 0.656. The van der Waals surface area contributed by atoms with E-state index in [4.69, 9.17) is 0 Å². The van der Waals surface area contributed by atoms with Crippen LogP contribution in [-0.4, -0.2) is 18.4 Å². The highest BCUT2D eigenvalue weighted by Gasteiger charge is 2.13. The molecule has 0 aliphatic carbocycles. The molecule has 0 aliphatic heterocycles. The molecule has 2 N–H and O–H groups in total. The van der Waals surface area contributed by atoms with Crippen molar-refractivity contribution in [1.29, 1.82) is 0 Å². The highest BCUT2D eigenvalue weighted by molar-refractivity contribution is 9.10. The Bertz CT molecular complexity index is 799. The van der Waals surface area contributed by atoms with Crippen molar-refractivity contribution in [3.8, 4) is 0 Å². The third kappa shape index (κ3) is 5.91. The summed E-state index contributed by atoms with van der Waals surface area (Å²) in [6.07, 6.45) is 0.635. The van der Waals surface area contributed by atoms with E-state index < -0.39 is 17.5 Å². The lowest BCUT2D eigenvalue weighted by Crippen LogP contribution is -2.29. The van der Waals surface area contributed by atoms with Crippen LogP contribution in [0.3, 0.4) is 0 Å². The van der Waals surface area contributed by atoms with Crippen molar-refractivity contribution >= 4 is 27.7 Å². The Morgan fingerprint density at radius 2 is 1.92 bits per heavy atom. The maximum atomic E-state index is 13.5. The topological polar surface area (TPSA) is 58.2 Å². The largest absolute Gasteiger partial charge is 0.352 e. The average molecular weight is 425 g/mol. The van der Waals surface area contributed by atoms with Gasteiger partial charge >= 0.3 is 0 Å². The lowest BCUT2D eigenvalue weighted by molar-refractivity contribution is -0.121. The van der Waals surface area contributed by atoms with Gasteiger partial charge in [0.05, 0.1) is 11.6 Å². The molecular weight excluding hydrogens is 406 g/mol. The van der Waals surface area contributed by atoms with E-state index >= 15 is 0 Å². The number of amides is 2. The second-order valence-corrected chi connectivity index (χ2v) is 6.74. The van der Waals surface area contributed by atoms with Gasteiger partial charge in [-0.1, -0.05) is 28.1 Å². The number of rotatable bonds is 7. The molecule has 26 heavy (non-hydrogen) atoms. The summed E-state index contributed by atoms with van der Waals surface area (Å²) in [6.45, 7) is 2.10. The maximum Gasteiger partial charge on any atom is 0.254 e. The zero-order chi connectivity index (χ0) is 19.1. The minimum Gasteiger partial charge on any atom is -0.352 e. The molecule has 138 valence electrons. The van der Waals surface area contributed by atoms with Crippen LogP contribution in [0.5, 0.6) is 0 Å². The molecule has 0 saturated carbocycles. The van der Waals surface area contributed by atoms with Gasteiger partial charge < -0.3 is 10.6 Å².